The van der Waals surface area contributed by atoms with Crippen LogP contribution in [0.5, 0.6) is 0 Å². The van der Waals surface area contributed by atoms with Crippen LogP contribution in [-0.2, 0) is 0 Å². The van der Waals surface area contributed by atoms with E-state index < -0.39 is 0 Å². The SMILES string of the molecule is C=CC(NCCC)C(C)C.C=CNCCC.CN1CCCC1. The third-order valence-electron chi connectivity index (χ3n) is 3.47. The van der Waals surface area contributed by atoms with Gasteiger partial charge < -0.3 is 15.5 Å². The topological polar surface area (TPSA) is 27.3 Å². The Morgan fingerprint density at radius 2 is 1.59 bits per heavy atom. The Hall–Kier alpha value is -0.800. The van der Waals surface area contributed by atoms with Crippen LogP contribution in [0.25, 0.3) is 0 Å². The smallest absolute Gasteiger partial charge is 0.0270 e. The lowest BCUT2D eigenvalue weighted by molar-refractivity contribution is 0.418. The summed E-state index contributed by atoms with van der Waals surface area (Å²) in [5.41, 5.74) is 0. The van der Waals surface area contributed by atoms with Gasteiger partial charge >= 0.3 is 0 Å². The summed E-state index contributed by atoms with van der Waals surface area (Å²) in [4.78, 5) is 2.36. The average Bonchev–Trinajstić information content (AvgIpc) is 2.98. The highest BCUT2D eigenvalue weighted by Gasteiger charge is 2.05. The Labute approximate surface area is 140 Å². The zero-order valence-corrected chi connectivity index (χ0v) is 15.8. The summed E-state index contributed by atoms with van der Waals surface area (Å²) in [6.07, 6.45) is 8.89. The van der Waals surface area contributed by atoms with Crippen LogP contribution < -0.4 is 10.6 Å². The summed E-state index contributed by atoms with van der Waals surface area (Å²) in [6, 6.07) is 0.486. The largest absolute Gasteiger partial charge is 0.391 e. The summed E-state index contributed by atoms with van der Waals surface area (Å²) < 4.78 is 0. The fourth-order valence-electron chi connectivity index (χ4n) is 2.02. The van der Waals surface area contributed by atoms with Crippen molar-refractivity contribution in [3.63, 3.8) is 0 Å². The molecule has 0 bridgehead atoms. The van der Waals surface area contributed by atoms with Crippen LogP contribution in [0.3, 0.4) is 0 Å². The molecule has 0 saturated carbocycles. The van der Waals surface area contributed by atoms with Crippen molar-refractivity contribution in [2.45, 2.75) is 59.4 Å². The Morgan fingerprint density at radius 3 is 1.82 bits per heavy atom. The molecule has 1 rings (SSSR count). The molecule has 0 aromatic heterocycles. The molecule has 1 aliphatic heterocycles. The lowest BCUT2D eigenvalue weighted by Gasteiger charge is -2.17. The molecule has 0 amide bonds. The van der Waals surface area contributed by atoms with E-state index in [0.29, 0.717) is 12.0 Å². The third-order valence-corrected chi connectivity index (χ3v) is 3.47. The van der Waals surface area contributed by atoms with Gasteiger partial charge in [0.2, 0.25) is 0 Å². The Morgan fingerprint density at radius 1 is 1.05 bits per heavy atom. The van der Waals surface area contributed by atoms with E-state index in [-0.39, 0.29) is 0 Å². The first-order chi connectivity index (χ1) is 10.5. The molecule has 1 fully saturated rings. The molecule has 1 aliphatic rings. The molecule has 1 unspecified atom stereocenters. The maximum Gasteiger partial charge on any atom is 0.0270 e. The van der Waals surface area contributed by atoms with Crippen molar-refractivity contribution < 1.29 is 0 Å². The molecule has 0 aromatic rings. The minimum Gasteiger partial charge on any atom is -0.391 e. The minimum atomic E-state index is 0.486. The standard InChI is InChI=1S/C9H19N.2C5H11N/c1-5-7-10-9(6-2)8(3)4;1-6-4-2-3-5-6;1-3-5-6-4-2/h6,8-10H,2,5,7H2,1,3-4H3;2-5H2,1H3;4,6H,2-3,5H2,1H3. The van der Waals surface area contributed by atoms with Crippen molar-refractivity contribution in [1.29, 1.82) is 0 Å². The number of likely N-dealkylation sites (tertiary alicyclic amines) is 1. The second-order valence-electron chi connectivity index (χ2n) is 6.13. The van der Waals surface area contributed by atoms with Crippen molar-refractivity contribution in [2.75, 3.05) is 33.2 Å². The quantitative estimate of drug-likeness (QED) is 0.523. The van der Waals surface area contributed by atoms with E-state index >= 15 is 0 Å². The van der Waals surface area contributed by atoms with Gasteiger partial charge in [0, 0.05) is 12.6 Å². The molecule has 3 nitrogen and oxygen atoms in total. The molecule has 0 aromatic carbocycles. The predicted octanol–water partition coefficient (Wildman–Crippen LogP) is 4.04. The zero-order chi connectivity index (χ0) is 17.2. The molecule has 0 aliphatic carbocycles. The lowest BCUT2D eigenvalue weighted by Crippen LogP contribution is -2.32. The van der Waals surface area contributed by atoms with Crippen molar-refractivity contribution in [3.8, 4) is 0 Å². The fourth-order valence-corrected chi connectivity index (χ4v) is 2.02. The van der Waals surface area contributed by atoms with Gasteiger partial charge in [-0.25, -0.2) is 0 Å². The Kier molecular flexibility index (Phi) is 19.5. The zero-order valence-electron chi connectivity index (χ0n) is 15.8. The third kappa shape index (κ3) is 17.3. The summed E-state index contributed by atoms with van der Waals surface area (Å²) in [5, 5.41) is 6.36. The van der Waals surface area contributed by atoms with Gasteiger partial charge in [0.25, 0.3) is 0 Å². The molecular formula is C19H41N3. The normalized spacial score (nSPS) is 15.2. The summed E-state index contributed by atoms with van der Waals surface area (Å²) in [7, 11) is 2.17. The van der Waals surface area contributed by atoms with E-state index in [1.165, 1.54) is 38.8 Å². The highest BCUT2D eigenvalue weighted by molar-refractivity contribution is 4.87. The lowest BCUT2D eigenvalue weighted by atomic mass is 10.1. The van der Waals surface area contributed by atoms with Gasteiger partial charge in [0.1, 0.15) is 0 Å². The number of rotatable bonds is 8. The van der Waals surface area contributed by atoms with Gasteiger partial charge in [-0.2, -0.15) is 0 Å². The van der Waals surface area contributed by atoms with Crippen LogP contribution in [0.15, 0.2) is 25.4 Å². The van der Waals surface area contributed by atoms with E-state index in [4.69, 9.17) is 0 Å². The molecule has 1 heterocycles. The van der Waals surface area contributed by atoms with E-state index in [2.05, 4.69) is 63.4 Å². The maximum atomic E-state index is 3.77. The molecule has 3 heteroatoms. The van der Waals surface area contributed by atoms with Gasteiger partial charge in [0.05, 0.1) is 0 Å². The fraction of sp³-hybridized carbons (Fsp3) is 0.789. The molecule has 22 heavy (non-hydrogen) atoms. The maximum absolute atomic E-state index is 3.77. The summed E-state index contributed by atoms with van der Waals surface area (Å²) >= 11 is 0. The first kappa shape index (κ1) is 23.5. The van der Waals surface area contributed by atoms with Gasteiger partial charge in [-0.1, -0.05) is 40.3 Å². The molecule has 1 saturated heterocycles. The molecule has 2 N–H and O–H groups in total. The Balaban J connectivity index is 0. The number of hydrogen-bond acceptors (Lipinski definition) is 3. The van der Waals surface area contributed by atoms with Crippen molar-refractivity contribution >= 4 is 0 Å². The van der Waals surface area contributed by atoms with E-state index in [1.807, 2.05) is 6.08 Å². The number of nitrogens with zero attached hydrogens (tertiary/aromatic N) is 1. The van der Waals surface area contributed by atoms with Crippen molar-refractivity contribution in [3.05, 3.63) is 25.4 Å². The van der Waals surface area contributed by atoms with Gasteiger partial charge in [0.15, 0.2) is 0 Å². The van der Waals surface area contributed by atoms with Crippen LogP contribution in [-0.4, -0.2) is 44.2 Å². The van der Waals surface area contributed by atoms with Gasteiger partial charge in [-0.3, -0.25) is 0 Å². The monoisotopic (exact) mass is 311 g/mol. The van der Waals surface area contributed by atoms with E-state index in [1.54, 1.807) is 6.20 Å². The number of nitrogens with one attached hydrogen (secondary N) is 2. The molecule has 132 valence electrons. The van der Waals surface area contributed by atoms with Crippen LogP contribution in [0.1, 0.15) is 53.4 Å². The van der Waals surface area contributed by atoms with Crippen molar-refractivity contribution in [2.24, 2.45) is 5.92 Å². The number of hydrogen-bond donors (Lipinski definition) is 2. The average molecular weight is 312 g/mol. The summed E-state index contributed by atoms with van der Waals surface area (Å²) in [5.74, 6) is 0.657. The van der Waals surface area contributed by atoms with Crippen LogP contribution in [0.4, 0.5) is 0 Å². The van der Waals surface area contributed by atoms with E-state index in [9.17, 15) is 0 Å². The van der Waals surface area contributed by atoms with E-state index in [0.717, 1.165) is 13.1 Å². The van der Waals surface area contributed by atoms with Crippen molar-refractivity contribution in [1.82, 2.24) is 15.5 Å². The second-order valence-corrected chi connectivity index (χ2v) is 6.13. The molecular weight excluding hydrogens is 270 g/mol. The van der Waals surface area contributed by atoms with Gasteiger partial charge in [-0.15, -0.1) is 6.58 Å². The van der Waals surface area contributed by atoms with Crippen LogP contribution >= 0.6 is 0 Å². The minimum absolute atomic E-state index is 0.486. The second kappa shape index (κ2) is 18.2. The highest BCUT2D eigenvalue weighted by atomic mass is 15.1. The molecule has 0 radical (unpaired) electrons. The molecule has 0 spiro atoms. The van der Waals surface area contributed by atoms with Crippen LogP contribution in [0.2, 0.25) is 0 Å². The summed E-state index contributed by atoms with van der Waals surface area (Å²) in [6.45, 7) is 20.7. The first-order valence-corrected chi connectivity index (χ1v) is 8.92. The van der Waals surface area contributed by atoms with Gasteiger partial charge in [-0.05, 0) is 64.5 Å². The highest BCUT2D eigenvalue weighted by Crippen LogP contribution is 2.02. The van der Waals surface area contributed by atoms with Crippen LogP contribution in [0, 0.1) is 5.92 Å². The predicted molar refractivity (Wildman–Crippen MR) is 102 cm³/mol. The molecule has 1 atom stereocenters. The Bertz CT molecular complexity index is 233. The first-order valence-electron chi connectivity index (χ1n) is 8.92.